The molecule has 0 amide bonds. The highest BCUT2D eigenvalue weighted by atomic mass is 16.1. The number of nitrogens with one attached hydrogen (secondary N) is 2. The highest BCUT2D eigenvalue weighted by Crippen LogP contribution is 2.20. The first-order valence-electron chi connectivity index (χ1n) is 8.56. The molecule has 0 fully saturated rings. The number of aryl methyl sites for hydroxylation is 2. The molecule has 3 aromatic rings. The zero-order valence-corrected chi connectivity index (χ0v) is 15.6. The minimum absolute atomic E-state index is 0.0686. The zero-order valence-electron chi connectivity index (χ0n) is 15.6. The van der Waals surface area contributed by atoms with Gasteiger partial charge in [-0.3, -0.25) is 19.8 Å². The molecule has 7 nitrogen and oxygen atoms in total. The minimum Gasteiger partial charge on any atom is -0.383 e. The number of nitrogens with two attached hydrogens (primary N) is 1. The first-order chi connectivity index (χ1) is 12.9. The molecule has 0 saturated carbocycles. The van der Waals surface area contributed by atoms with Crippen molar-refractivity contribution in [1.29, 1.82) is 5.41 Å². The van der Waals surface area contributed by atoms with Crippen molar-refractivity contribution in [1.82, 2.24) is 14.5 Å². The number of aromatic nitrogens is 3. The summed E-state index contributed by atoms with van der Waals surface area (Å²) < 4.78 is 1.55. The van der Waals surface area contributed by atoms with Crippen LogP contribution in [-0.4, -0.2) is 27.4 Å². The second-order valence-electron chi connectivity index (χ2n) is 6.37. The van der Waals surface area contributed by atoms with Crippen molar-refractivity contribution < 1.29 is 0 Å². The van der Waals surface area contributed by atoms with E-state index in [9.17, 15) is 4.79 Å². The molecule has 1 aromatic carbocycles. The maximum atomic E-state index is 13.2. The third-order valence-corrected chi connectivity index (χ3v) is 4.53. The van der Waals surface area contributed by atoms with Crippen molar-refractivity contribution in [3.63, 3.8) is 0 Å². The molecular weight excluding hydrogens is 340 g/mol. The third-order valence-electron chi connectivity index (χ3n) is 4.53. The molecule has 2 heterocycles. The lowest BCUT2D eigenvalue weighted by Gasteiger charge is -2.17. The number of rotatable bonds is 5. The lowest BCUT2D eigenvalue weighted by molar-refractivity contribution is 0.745. The molecule has 7 heteroatoms. The SMILES string of the molecule is CNc1nc(-c2ccncc2)n(Cc2ccc(C)c(C)c2)c(=O)c1C(=N)N. The fourth-order valence-electron chi connectivity index (χ4n) is 2.93. The Morgan fingerprint density at radius 1 is 1.19 bits per heavy atom. The van der Waals surface area contributed by atoms with Crippen LogP contribution in [0, 0.1) is 19.3 Å². The van der Waals surface area contributed by atoms with E-state index >= 15 is 0 Å². The Morgan fingerprint density at radius 3 is 2.48 bits per heavy atom. The first kappa shape index (κ1) is 18.3. The van der Waals surface area contributed by atoms with Gasteiger partial charge >= 0.3 is 0 Å². The largest absolute Gasteiger partial charge is 0.383 e. The monoisotopic (exact) mass is 362 g/mol. The summed E-state index contributed by atoms with van der Waals surface area (Å²) in [6, 6.07) is 9.67. The number of hydrogen-bond donors (Lipinski definition) is 3. The summed E-state index contributed by atoms with van der Waals surface area (Å²) in [7, 11) is 1.65. The van der Waals surface area contributed by atoms with Gasteiger partial charge in [0.05, 0.1) is 6.54 Å². The van der Waals surface area contributed by atoms with Gasteiger partial charge in [0, 0.05) is 25.0 Å². The fraction of sp³-hybridized carbons (Fsp3) is 0.200. The van der Waals surface area contributed by atoms with Gasteiger partial charge in [-0.05, 0) is 42.7 Å². The van der Waals surface area contributed by atoms with Gasteiger partial charge in [-0.2, -0.15) is 0 Å². The molecule has 0 aliphatic carbocycles. The molecule has 138 valence electrons. The molecule has 0 bridgehead atoms. The molecule has 0 radical (unpaired) electrons. The van der Waals surface area contributed by atoms with Gasteiger partial charge < -0.3 is 11.1 Å². The van der Waals surface area contributed by atoms with E-state index in [1.807, 2.05) is 26.0 Å². The van der Waals surface area contributed by atoms with E-state index in [1.165, 1.54) is 5.56 Å². The highest BCUT2D eigenvalue weighted by Gasteiger charge is 2.19. The molecule has 0 spiro atoms. The van der Waals surface area contributed by atoms with Crippen LogP contribution in [0.3, 0.4) is 0 Å². The van der Waals surface area contributed by atoms with Crippen molar-refractivity contribution >= 4 is 11.7 Å². The van der Waals surface area contributed by atoms with Crippen molar-refractivity contribution in [2.24, 2.45) is 5.73 Å². The summed E-state index contributed by atoms with van der Waals surface area (Å²) >= 11 is 0. The quantitative estimate of drug-likeness (QED) is 0.476. The van der Waals surface area contributed by atoms with Gasteiger partial charge in [0.1, 0.15) is 23.0 Å². The third kappa shape index (κ3) is 3.57. The molecule has 4 N–H and O–H groups in total. The Kier molecular flexibility index (Phi) is 5.03. The molecule has 0 aliphatic heterocycles. The van der Waals surface area contributed by atoms with Gasteiger partial charge in [-0.15, -0.1) is 0 Å². The van der Waals surface area contributed by atoms with E-state index in [2.05, 4.69) is 21.4 Å². The Labute approximate surface area is 157 Å². The Morgan fingerprint density at radius 2 is 1.89 bits per heavy atom. The van der Waals surface area contributed by atoms with Crippen LogP contribution in [0.25, 0.3) is 11.4 Å². The molecule has 0 saturated heterocycles. The number of amidine groups is 1. The van der Waals surface area contributed by atoms with Gasteiger partial charge in [-0.25, -0.2) is 4.98 Å². The van der Waals surface area contributed by atoms with Gasteiger partial charge in [0.15, 0.2) is 0 Å². The number of hydrogen-bond acceptors (Lipinski definition) is 5. The van der Waals surface area contributed by atoms with Crippen molar-refractivity contribution in [3.05, 3.63) is 75.3 Å². The Bertz CT molecular complexity index is 1060. The molecule has 0 unspecified atom stereocenters. The maximum Gasteiger partial charge on any atom is 0.267 e. The minimum atomic E-state index is -0.355. The van der Waals surface area contributed by atoms with Gasteiger partial charge in [-0.1, -0.05) is 18.2 Å². The Balaban J connectivity index is 2.25. The number of nitrogen functional groups attached to an aromatic ring is 1. The smallest absolute Gasteiger partial charge is 0.267 e. The molecule has 27 heavy (non-hydrogen) atoms. The van der Waals surface area contributed by atoms with Crippen LogP contribution < -0.4 is 16.6 Å². The lowest BCUT2D eigenvalue weighted by atomic mass is 10.1. The first-order valence-corrected chi connectivity index (χ1v) is 8.56. The summed E-state index contributed by atoms with van der Waals surface area (Å²) in [6.45, 7) is 4.41. The van der Waals surface area contributed by atoms with Crippen LogP contribution in [0.2, 0.25) is 0 Å². The fourth-order valence-corrected chi connectivity index (χ4v) is 2.93. The lowest BCUT2D eigenvalue weighted by Crippen LogP contribution is -2.33. The predicted octanol–water partition coefficient (Wildman–Crippen LogP) is 2.30. The topological polar surface area (TPSA) is 110 Å². The number of anilines is 1. The molecule has 3 rings (SSSR count). The number of pyridine rings is 1. The maximum absolute atomic E-state index is 13.2. The molecular formula is C20H22N6O. The van der Waals surface area contributed by atoms with Crippen molar-refractivity contribution in [3.8, 4) is 11.4 Å². The van der Waals surface area contributed by atoms with Crippen LogP contribution >= 0.6 is 0 Å². The second-order valence-corrected chi connectivity index (χ2v) is 6.37. The second kappa shape index (κ2) is 7.41. The van der Waals surface area contributed by atoms with E-state index < -0.39 is 0 Å². The van der Waals surface area contributed by atoms with Gasteiger partial charge in [0.2, 0.25) is 0 Å². The van der Waals surface area contributed by atoms with Crippen LogP contribution in [0.1, 0.15) is 22.3 Å². The van der Waals surface area contributed by atoms with Crippen LogP contribution in [0.4, 0.5) is 5.82 Å². The van der Waals surface area contributed by atoms with Crippen molar-refractivity contribution in [2.45, 2.75) is 20.4 Å². The van der Waals surface area contributed by atoms with Crippen LogP contribution in [-0.2, 0) is 6.54 Å². The van der Waals surface area contributed by atoms with E-state index in [-0.39, 0.29) is 22.8 Å². The van der Waals surface area contributed by atoms with Crippen LogP contribution in [0.5, 0.6) is 0 Å². The van der Waals surface area contributed by atoms with Crippen molar-refractivity contribution in [2.75, 3.05) is 12.4 Å². The standard InChI is InChI=1S/C20H22N6O/c1-12-4-5-14(10-13(12)2)11-26-19(15-6-8-24-9-7-15)25-18(23-3)16(17(21)22)20(26)27/h4-10,23H,11H2,1-3H3,(H3,21,22). The van der Waals surface area contributed by atoms with E-state index in [1.54, 1.807) is 36.1 Å². The summed E-state index contributed by atoms with van der Waals surface area (Å²) in [5.74, 6) is 0.470. The van der Waals surface area contributed by atoms with E-state index in [0.29, 0.717) is 12.4 Å². The van der Waals surface area contributed by atoms with E-state index in [0.717, 1.165) is 16.7 Å². The predicted molar refractivity (Wildman–Crippen MR) is 107 cm³/mol. The summed E-state index contributed by atoms with van der Waals surface area (Å²) in [5.41, 5.74) is 9.46. The average molecular weight is 362 g/mol. The van der Waals surface area contributed by atoms with Crippen LogP contribution in [0.15, 0.2) is 47.5 Å². The molecule has 0 atom stereocenters. The zero-order chi connectivity index (χ0) is 19.6. The van der Waals surface area contributed by atoms with Gasteiger partial charge in [0.25, 0.3) is 5.56 Å². The Hall–Kier alpha value is -3.48. The average Bonchev–Trinajstić information content (AvgIpc) is 2.66. The summed E-state index contributed by atoms with van der Waals surface area (Å²) in [5, 5.41) is 10.7. The summed E-state index contributed by atoms with van der Waals surface area (Å²) in [6.07, 6.45) is 3.31. The number of benzene rings is 1. The normalized spacial score (nSPS) is 10.6. The summed E-state index contributed by atoms with van der Waals surface area (Å²) in [4.78, 5) is 21.8. The molecule has 0 aliphatic rings. The highest BCUT2D eigenvalue weighted by molar-refractivity contribution is 5.99. The van der Waals surface area contributed by atoms with E-state index in [4.69, 9.17) is 11.1 Å². The molecule has 2 aromatic heterocycles. The number of nitrogens with zero attached hydrogens (tertiary/aromatic N) is 3.